The highest BCUT2D eigenvalue weighted by Crippen LogP contribution is 2.28. The van der Waals surface area contributed by atoms with Gasteiger partial charge in [0, 0.05) is 30.7 Å². The highest BCUT2D eigenvalue weighted by Gasteiger charge is 2.40. The monoisotopic (exact) mass is 348 g/mol. The summed E-state index contributed by atoms with van der Waals surface area (Å²) in [5, 5.41) is 0.202. The Balaban J connectivity index is 1.88. The molecule has 0 aliphatic carbocycles. The maximum Gasteiger partial charge on any atom is 0.246 e. The number of benzene rings is 1. The molecule has 1 aromatic carbocycles. The molecule has 122 valence electrons. The van der Waals surface area contributed by atoms with Crippen LogP contribution in [0.3, 0.4) is 0 Å². The Morgan fingerprint density at radius 1 is 1.36 bits per heavy atom. The first-order chi connectivity index (χ1) is 10.4. The minimum absolute atomic E-state index is 0.000444. The zero-order valence-electron chi connectivity index (χ0n) is 12.2. The third-order valence-corrected chi connectivity index (χ3v) is 6.45. The molecule has 2 aliphatic heterocycles. The standard InChI is InChI=1S/C14H18ClFN2O3S/c1-17-6-7-21-13-4-5-18(9-12(13)17)22(19,20)14-8-10(15)2-3-11(14)16/h2-3,8,12-13H,4-7,9H2,1H3/t12-,13-/m1/s1. The highest BCUT2D eigenvalue weighted by atomic mass is 35.5. The van der Waals surface area contributed by atoms with Crippen molar-refractivity contribution in [2.24, 2.45) is 0 Å². The van der Waals surface area contributed by atoms with Gasteiger partial charge in [-0.05, 0) is 31.7 Å². The van der Waals surface area contributed by atoms with Gasteiger partial charge in [-0.3, -0.25) is 4.90 Å². The van der Waals surface area contributed by atoms with Crippen LogP contribution in [-0.4, -0.2) is 63.1 Å². The number of likely N-dealkylation sites (N-methyl/N-ethyl adjacent to an activating group) is 1. The molecule has 3 rings (SSSR count). The molecule has 22 heavy (non-hydrogen) atoms. The zero-order valence-corrected chi connectivity index (χ0v) is 13.8. The molecule has 0 saturated carbocycles. The summed E-state index contributed by atoms with van der Waals surface area (Å²) in [5.41, 5.74) is 0. The van der Waals surface area contributed by atoms with E-state index in [1.165, 1.54) is 16.4 Å². The van der Waals surface area contributed by atoms with Crippen LogP contribution in [0.2, 0.25) is 5.02 Å². The number of piperidine rings is 1. The van der Waals surface area contributed by atoms with Crippen molar-refractivity contribution in [3.05, 3.63) is 29.0 Å². The number of halogens is 2. The lowest BCUT2D eigenvalue weighted by Gasteiger charge is -2.45. The van der Waals surface area contributed by atoms with Crippen molar-refractivity contribution in [1.82, 2.24) is 9.21 Å². The molecule has 0 aromatic heterocycles. The number of hydrogen-bond donors (Lipinski definition) is 0. The lowest BCUT2D eigenvalue weighted by molar-refractivity contribution is -0.0840. The average molecular weight is 349 g/mol. The van der Waals surface area contributed by atoms with E-state index in [0.717, 1.165) is 12.6 Å². The second-order valence-corrected chi connectivity index (χ2v) is 8.03. The maximum absolute atomic E-state index is 13.9. The largest absolute Gasteiger partial charge is 0.375 e. The van der Waals surface area contributed by atoms with Crippen LogP contribution >= 0.6 is 11.6 Å². The van der Waals surface area contributed by atoms with Crippen molar-refractivity contribution >= 4 is 21.6 Å². The predicted molar refractivity (Wildman–Crippen MR) is 80.9 cm³/mol. The van der Waals surface area contributed by atoms with Crippen molar-refractivity contribution in [3.8, 4) is 0 Å². The topological polar surface area (TPSA) is 49.9 Å². The molecule has 0 unspecified atom stereocenters. The first-order valence-electron chi connectivity index (χ1n) is 7.16. The quantitative estimate of drug-likeness (QED) is 0.814. The minimum atomic E-state index is -3.90. The van der Waals surface area contributed by atoms with Gasteiger partial charge in [0.05, 0.1) is 12.7 Å². The lowest BCUT2D eigenvalue weighted by Crippen LogP contribution is -2.59. The van der Waals surface area contributed by atoms with Crippen molar-refractivity contribution in [2.75, 3.05) is 33.3 Å². The number of fused-ring (bicyclic) bond motifs is 1. The van der Waals surface area contributed by atoms with Gasteiger partial charge in [-0.25, -0.2) is 12.8 Å². The van der Waals surface area contributed by atoms with E-state index in [-0.39, 0.29) is 22.1 Å². The molecule has 8 heteroatoms. The molecule has 1 aromatic rings. The molecule has 5 nitrogen and oxygen atoms in total. The van der Waals surface area contributed by atoms with Gasteiger partial charge in [0.25, 0.3) is 0 Å². The van der Waals surface area contributed by atoms with Crippen molar-refractivity contribution in [1.29, 1.82) is 0 Å². The lowest BCUT2D eigenvalue weighted by atomic mass is 10.0. The van der Waals surface area contributed by atoms with Gasteiger partial charge >= 0.3 is 0 Å². The van der Waals surface area contributed by atoms with E-state index >= 15 is 0 Å². The Bertz CT molecular complexity index is 670. The second kappa shape index (κ2) is 6.05. The summed E-state index contributed by atoms with van der Waals surface area (Å²) in [6, 6.07) is 3.58. The highest BCUT2D eigenvalue weighted by molar-refractivity contribution is 7.89. The number of ether oxygens (including phenoxy) is 1. The molecule has 2 fully saturated rings. The summed E-state index contributed by atoms with van der Waals surface area (Å²) < 4.78 is 46.4. The molecule has 2 saturated heterocycles. The van der Waals surface area contributed by atoms with Crippen LogP contribution in [0, 0.1) is 5.82 Å². The zero-order chi connectivity index (χ0) is 15.9. The van der Waals surface area contributed by atoms with E-state index in [2.05, 4.69) is 4.90 Å². The molecular weight excluding hydrogens is 331 g/mol. The van der Waals surface area contributed by atoms with Gasteiger partial charge in [0.15, 0.2) is 0 Å². The molecule has 0 amide bonds. The van der Waals surface area contributed by atoms with Gasteiger partial charge in [0.1, 0.15) is 10.7 Å². The Morgan fingerprint density at radius 3 is 2.91 bits per heavy atom. The van der Waals surface area contributed by atoms with Crippen LogP contribution in [0.25, 0.3) is 0 Å². The number of hydrogen-bond acceptors (Lipinski definition) is 4. The maximum atomic E-state index is 13.9. The van der Waals surface area contributed by atoms with Crippen LogP contribution < -0.4 is 0 Å². The van der Waals surface area contributed by atoms with Gasteiger partial charge in [-0.1, -0.05) is 11.6 Å². The van der Waals surface area contributed by atoms with Gasteiger partial charge in [-0.15, -0.1) is 0 Å². The SMILES string of the molecule is CN1CCO[C@@H]2CCN(S(=O)(=O)c3cc(Cl)ccc3F)C[C@H]21. The van der Waals surface area contributed by atoms with Crippen LogP contribution in [0.5, 0.6) is 0 Å². The Morgan fingerprint density at radius 2 is 2.14 bits per heavy atom. The van der Waals surface area contributed by atoms with Gasteiger partial charge < -0.3 is 4.74 Å². The summed E-state index contributed by atoms with van der Waals surface area (Å²) in [4.78, 5) is 1.74. The van der Waals surface area contributed by atoms with E-state index in [9.17, 15) is 12.8 Å². The minimum Gasteiger partial charge on any atom is -0.375 e. The molecule has 0 N–H and O–H groups in total. The van der Waals surface area contributed by atoms with Crippen LogP contribution in [-0.2, 0) is 14.8 Å². The fourth-order valence-electron chi connectivity index (χ4n) is 3.04. The van der Waals surface area contributed by atoms with E-state index in [0.29, 0.717) is 26.1 Å². The first kappa shape index (κ1) is 16.1. The van der Waals surface area contributed by atoms with Crippen molar-refractivity contribution in [2.45, 2.75) is 23.5 Å². The van der Waals surface area contributed by atoms with Crippen LogP contribution in [0.1, 0.15) is 6.42 Å². The van der Waals surface area contributed by atoms with Crippen LogP contribution in [0.4, 0.5) is 4.39 Å². The number of morpholine rings is 1. The fourth-order valence-corrected chi connectivity index (χ4v) is 4.84. The first-order valence-corrected chi connectivity index (χ1v) is 8.98. The van der Waals surface area contributed by atoms with Gasteiger partial charge in [0.2, 0.25) is 10.0 Å². The molecule has 2 atom stereocenters. The van der Waals surface area contributed by atoms with E-state index < -0.39 is 15.8 Å². The summed E-state index contributed by atoms with van der Waals surface area (Å²) in [6.07, 6.45) is 0.644. The smallest absolute Gasteiger partial charge is 0.246 e. The molecule has 2 aliphatic rings. The molecule has 0 bridgehead atoms. The molecule has 2 heterocycles. The van der Waals surface area contributed by atoms with E-state index in [4.69, 9.17) is 16.3 Å². The van der Waals surface area contributed by atoms with E-state index in [1.54, 1.807) is 0 Å². The normalized spacial score (nSPS) is 27.6. The van der Waals surface area contributed by atoms with Gasteiger partial charge in [-0.2, -0.15) is 4.31 Å². The summed E-state index contributed by atoms with van der Waals surface area (Å²) >= 11 is 5.82. The number of sulfonamides is 1. The molecule has 0 radical (unpaired) electrons. The third-order valence-electron chi connectivity index (χ3n) is 4.34. The Labute approximate surface area is 134 Å². The summed E-state index contributed by atoms with van der Waals surface area (Å²) in [7, 11) is -1.94. The summed E-state index contributed by atoms with van der Waals surface area (Å²) in [6.45, 7) is 2.05. The Hall–Kier alpha value is -0.730. The molecule has 0 spiro atoms. The third kappa shape index (κ3) is 2.88. The Kier molecular flexibility index (Phi) is 4.44. The van der Waals surface area contributed by atoms with Crippen molar-refractivity contribution in [3.63, 3.8) is 0 Å². The van der Waals surface area contributed by atoms with Crippen molar-refractivity contribution < 1.29 is 17.5 Å². The number of rotatable bonds is 2. The number of nitrogens with zero attached hydrogens (tertiary/aromatic N) is 2. The van der Waals surface area contributed by atoms with Crippen LogP contribution in [0.15, 0.2) is 23.1 Å². The summed E-state index contributed by atoms with van der Waals surface area (Å²) in [5.74, 6) is -0.778. The fraction of sp³-hybridized carbons (Fsp3) is 0.571. The second-order valence-electron chi connectivity index (χ2n) is 5.68. The predicted octanol–water partition coefficient (Wildman–Crippen LogP) is 1.57. The van der Waals surface area contributed by atoms with E-state index in [1.807, 2.05) is 7.05 Å². The molecular formula is C14H18ClFN2O3S. The average Bonchev–Trinajstić information content (AvgIpc) is 2.49.